The number of H-pyrrole nitrogens is 1. The van der Waals surface area contributed by atoms with Gasteiger partial charge in [0.25, 0.3) is 5.56 Å². The minimum Gasteiger partial charge on any atom is -0.317 e. The number of benzene rings is 1. The Kier molecular flexibility index (Phi) is 5.57. The lowest BCUT2D eigenvalue weighted by Crippen LogP contribution is -2.35. The zero-order chi connectivity index (χ0) is 18.5. The van der Waals surface area contributed by atoms with E-state index in [0.29, 0.717) is 28.4 Å². The number of amides is 2. The van der Waals surface area contributed by atoms with Crippen molar-refractivity contribution in [3.63, 3.8) is 0 Å². The lowest BCUT2D eigenvalue weighted by Gasteiger charge is -2.19. The number of hydrogen-bond acceptors (Lipinski definition) is 6. The Morgan fingerprint density at radius 2 is 2.08 bits per heavy atom. The van der Waals surface area contributed by atoms with Gasteiger partial charge < -0.3 is 9.88 Å². The van der Waals surface area contributed by atoms with Gasteiger partial charge in [-0.25, -0.2) is 9.78 Å². The first kappa shape index (κ1) is 18.0. The molecule has 0 saturated carbocycles. The molecule has 0 spiro atoms. The van der Waals surface area contributed by atoms with Crippen molar-refractivity contribution < 1.29 is 4.79 Å². The SMILES string of the molecule is CCCc1nnc(NC(=O)N(CC)Cc2nc3ccccc3c(=O)[nH]2)s1. The highest BCUT2D eigenvalue weighted by atomic mass is 32.1. The summed E-state index contributed by atoms with van der Waals surface area (Å²) in [6.07, 6.45) is 1.82. The summed E-state index contributed by atoms with van der Waals surface area (Å²) in [5, 5.41) is 12.7. The van der Waals surface area contributed by atoms with E-state index in [2.05, 4.69) is 32.4 Å². The number of aromatic amines is 1. The van der Waals surface area contributed by atoms with Crippen LogP contribution in [0.2, 0.25) is 0 Å². The lowest BCUT2D eigenvalue weighted by molar-refractivity contribution is 0.210. The number of aryl methyl sites for hydroxylation is 1. The smallest absolute Gasteiger partial charge is 0.317 e. The highest BCUT2D eigenvalue weighted by molar-refractivity contribution is 7.15. The Morgan fingerprint density at radius 3 is 2.85 bits per heavy atom. The normalized spacial score (nSPS) is 10.8. The molecule has 9 heteroatoms. The fourth-order valence-electron chi connectivity index (χ4n) is 2.51. The molecule has 2 heterocycles. The van der Waals surface area contributed by atoms with Crippen LogP contribution < -0.4 is 10.9 Å². The van der Waals surface area contributed by atoms with Gasteiger partial charge in [-0.1, -0.05) is 30.4 Å². The molecule has 3 aromatic rings. The highest BCUT2D eigenvalue weighted by Crippen LogP contribution is 2.17. The van der Waals surface area contributed by atoms with Gasteiger partial charge in [-0.05, 0) is 25.5 Å². The molecule has 0 aliphatic carbocycles. The van der Waals surface area contributed by atoms with Crippen molar-refractivity contribution in [1.29, 1.82) is 0 Å². The maximum absolute atomic E-state index is 12.5. The molecule has 26 heavy (non-hydrogen) atoms. The minimum absolute atomic E-state index is 0.197. The summed E-state index contributed by atoms with van der Waals surface area (Å²) in [6, 6.07) is 6.81. The monoisotopic (exact) mass is 372 g/mol. The Bertz CT molecular complexity index is 967. The fourth-order valence-corrected chi connectivity index (χ4v) is 3.34. The number of carbonyl (C=O) groups is 1. The molecule has 0 saturated heterocycles. The maximum atomic E-state index is 12.5. The van der Waals surface area contributed by atoms with Gasteiger partial charge in [-0.15, -0.1) is 10.2 Å². The zero-order valence-electron chi connectivity index (χ0n) is 14.7. The number of carbonyl (C=O) groups excluding carboxylic acids is 1. The van der Waals surface area contributed by atoms with Crippen molar-refractivity contribution in [2.75, 3.05) is 11.9 Å². The Labute approximate surface area is 154 Å². The highest BCUT2D eigenvalue weighted by Gasteiger charge is 2.16. The van der Waals surface area contributed by atoms with Crippen molar-refractivity contribution in [1.82, 2.24) is 25.1 Å². The van der Waals surface area contributed by atoms with Crippen LogP contribution in [-0.2, 0) is 13.0 Å². The Balaban J connectivity index is 1.74. The van der Waals surface area contributed by atoms with Gasteiger partial charge in [0.2, 0.25) is 5.13 Å². The Morgan fingerprint density at radius 1 is 1.27 bits per heavy atom. The van der Waals surface area contributed by atoms with E-state index in [1.165, 1.54) is 11.3 Å². The molecule has 0 atom stereocenters. The van der Waals surface area contributed by atoms with Gasteiger partial charge in [-0.2, -0.15) is 0 Å². The van der Waals surface area contributed by atoms with E-state index in [1.54, 1.807) is 23.1 Å². The van der Waals surface area contributed by atoms with Crippen molar-refractivity contribution >= 4 is 33.4 Å². The summed E-state index contributed by atoms with van der Waals surface area (Å²) >= 11 is 1.37. The molecule has 0 radical (unpaired) electrons. The summed E-state index contributed by atoms with van der Waals surface area (Å²) in [6.45, 7) is 4.59. The molecular formula is C17H20N6O2S. The van der Waals surface area contributed by atoms with Crippen LogP contribution in [0.25, 0.3) is 10.9 Å². The first-order chi connectivity index (χ1) is 12.6. The third-order valence-electron chi connectivity index (χ3n) is 3.82. The molecular weight excluding hydrogens is 352 g/mol. The van der Waals surface area contributed by atoms with Crippen molar-refractivity contribution in [3.05, 3.63) is 45.5 Å². The average molecular weight is 372 g/mol. The number of nitrogens with one attached hydrogen (secondary N) is 2. The van der Waals surface area contributed by atoms with Crippen LogP contribution in [0.5, 0.6) is 0 Å². The van der Waals surface area contributed by atoms with Gasteiger partial charge in [0.1, 0.15) is 10.8 Å². The largest absolute Gasteiger partial charge is 0.324 e. The van der Waals surface area contributed by atoms with Crippen LogP contribution in [-0.4, -0.2) is 37.6 Å². The lowest BCUT2D eigenvalue weighted by atomic mass is 10.2. The summed E-state index contributed by atoms with van der Waals surface area (Å²) in [7, 11) is 0. The fraction of sp³-hybridized carbons (Fsp3) is 0.353. The molecule has 0 aliphatic heterocycles. The molecule has 3 rings (SSSR count). The number of nitrogens with zero attached hydrogens (tertiary/aromatic N) is 4. The van der Waals surface area contributed by atoms with Gasteiger partial charge in [0.15, 0.2) is 0 Å². The second-order valence-electron chi connectivity index (χ2n) is 5.73. The van der Waals surface area contributed by atoms with Crippen LogP contribution in [0.3, 0.4) is 0 Å². The molecule has 0 bridgehead atoms. The molecule has 2 N–H and O–H groups in total. The Hall–Kier alpha value is -2.81. The molecule has 2 aromatic heterocycles. The summed E-state index contributed by atoms with van der Waals surface area (Å²) in [5.74, 6) is 0.439. The second-order valence-corrected chi connectivity index (χ2v) is 6.79. The van der Waals surface area contributed by atoms with E-state index in [1.807, 2.05) is 13.0 Å². The molecule has 8 nitrogen and oxygen atoms in total. The first-order valence-electron chi connectivity index (χ1n) is 8.47. The summed E-state index contributed by atoms with van der Waals surface area (Å²) < 4.78 is 0. The van der Waals surface area contributed by atoms with E-state index >= 15 is 0 Å². The number of urea groups is 1. The van der Waals surface area contributed by atoms with E-state index in [0.717, 1.165) is 17.8 Å². The predicted octanol–water partition coefficient (Wildman–Crippen LogP) is 2.78. The minimum atomic E-state index is -0.303. The third-order valence-corrected chi connectivity index (χ3v) is 4.71. The molecule has 136 valence electrons. The van der Waals surface area contributed by atoms with Crippen LogP contribution >= 0.6 is 11.3 Å². The van der Waals surface area contributed by atoms with Crippen LogP contribution in [0.4, 0.5) is 9.93 Å². The number of fused-ring (bicyclic) bond motifs is 1. The molecule has 0 unspecified atom stereocenters. The maximum Gasteiger partial charge on any atom is 0.324 e. The van der Waals surface area contributed by atoms with Crippen molar-refractivity contribution in [2.45, 2.75) is 33.2 Å². The van der Waals surface area contributed by atoms with Gasteiger partial charge in [0.05, 0.1) is 17.4 Å². The standard InChI is InChI=1S/C17H20N6O2S/c1-3-7-14-21-22-16(26-14)20-17(25)23(4-2)10-13-18-12-9-6-5-8-11(12)15(24)19-13/h5-6,8-9H,3-4,7,10H2,1-2H3,(H,18,19,24)(H,20,22,25). The average Bonchev–Trinajstić information content (AvgIpc) is 3.07. The molecule has 2 amide bonds. The molecule has 0 aliphatic rings. The van der Waals surface area contributed by atoms with E-state index in [9.17, 15) is 9.59 Å². The zero-order valence-corrected chi connectivity index (χ0v) is 15.5. The quantitative estimate of drug-likeness (QED) is 0.692. The van der Waals surface area contributed by atoms with Crippen molar-refractivity contribution in [3.8, 4) is 0 Å². The van der Waals surface area contributed by atoms with Crippen LogP contribution in [0.15, 0.2) is 29.1 Å². The van der Waals surface area contributed by atoms with Crippen LogP contribution in [0.1, 0.15) is 31.1 Å². The number of aromatic nitrogens is 4. The number of rotatable bonds is 6. The van der Waals surface area contributed by atoms with Gasteiger partial charge in [-0.3, -0.25) is 10.1 Å². The second kappa shape index (κ2) is 8.05. The van der Waals surface area contributed by atoms with E-state index < -0.39 is 0 Å². The summed E-state index contributed by atoms with van der Waals surface area (Å²) in [5.41, 5.74) is 0.395. The van der Waals surface area contributed by atoms with Gasteiger partial charge in [0, 0.05) is 13.0 Å². The molecule has 1 aromatic carbocycles. The molecule has 0 fully saturated rings. The first-order valence-corrected chi connectivity index (χ1v) is 9.28. The third kappa shape index (κ3) is 4.05. The topological polar surface area (TPSA) is 104 Å². The number of hydrogen-bond donors (Lipinski definition) is 2. The number of para-hydroxylation sites is 1. The number of anilines is 1. The van der Waals surface area contributed by atoms with E-state index in [-0.39, 0.29) is 18.1 Å². The van der Waals surface area contributed by atoms with Crippen LogP contribution in [0, 0.1) is 0 Å². The van der Waals surface area contributed by atoms with Crippen molar-refractivity contribution in [2.24, 2.45) is 0 Å². The predicted molar refractivity (Wildman–Crippen MR) is 101 cm³/mol. The van der Waals surface area contributed by atoms with Gasteiger partial charge >= 0.3 is 6.03 Å². The summed E-state index contributed by atoms with van der Waals surface area (Å²) in [4.78, 5) is 33.4. The van der Waals surface area contributed by atoms with E-state index in [4.69, 9.17) is 0 Å².